The van der Waals surface area contributed by atoms with Crippen LogP contribution >= 0.6 is 0 Å². The van der Waals surface area contributed by atoms with Crippen molar-refractivity contribution in [3.05, 3.63) is 29.3 Å². The van der Waals surface area contributed by atoms with E-state index in [1.807, 2.05) is 27.7 Å². The minimum atomic E-state index is -3.22. The lowest BCUT2D eigenvalue weighted by molar-refractivity contribution is 0.0882. The third-order valence-corrected chi connectivity index (χ3v) is 6.81. The molecule has 3 N–H and O–H groups in total. The lowest BCUT2D eigenvalue weighted by Crippen LogP contribution is -2.55. The zero-order chi connectivity index (χ0) is 18.1. The molecule has 24 heavy (non-hydrogen) atoms. The van der Waals surface area contributed by atoms with Crippen molar-refractivity contribution in [2.24, 2.45) is 11.7 Å². The van der Waals surface area contributed by atoms with Crippen molar-refractivity contribution in [2.45, 2.75) is 39.7 Å². The molecule has 0 radical (unpaired) electrons. The van der Waals surface area contributed by atoms with E-state index in [0.717, 1.165) is 5.56 Å². The number of nitrogens with two attached hydrogens (primary N) is 1. The second kappa shape index (κ2) is 6.72. The van der Waals surface area contributed by atoms with E-state index in [2.05, 4.69) is 5.32 Å². The Hall–Kier alpha value is -1.60. The zero-order valence-corrected chi connectivity index (χ0v) is 15.6. The van der Waals surface area contributed by atoms with Crippen LogP contribution in [0.1, 0.15) is 43.1 Å². The Bertz CT molecular complexity index is 731. The van der Waals surface area contributed by atoms with Crippen molar-refractivity contribution in [1.29, 1.82) is 0 Å². The molecule has 1 aliphatic rings. The first-order valence-corrected chi connectivity index (χ1v) is 9.85. The maximum absolute atomic E-state index is 12.6. The van der Waals surface area contributed by atoms with Crippen LogP contribution in [-0.4, -0.2) is 38.7 Å². The molecule has 1 saturated heterocycles. The number of carbonyl (C=O) groups excluding carboxylic acids is 1. The van der Waals surface area contributed by atoms with E-state index in [0.29, 0.717) is 30.8 Å². The summed E-state index contributed by atoms with van der Waals surface area (Å²) >= 11 is 0. The van der Waals surface area contributed by atoms with Gasteiger partial charge in [-0.05, 0) is 49.9 Å². The van der Waals surface area contributed by atoms with Crippen LogP contribution in [0.3, 0.4) is 0 Å². The molecule has 6 nitrogen and oxygen atoms in total. The monoisotopic (exact) mass is 353 g/mol. The second-order valence-corrected chi connectivity index (χ2v) is 8.98. The standard InChI is InChI=1S/C17H27N3O3S/c1-12(2)17(4,11-18)19-16(21)15-7-6-14(10-13(15)3)20-8-5-9-24(20,22)23/h6-7,10,12H,5,8-9,11,18H2,1-4H3,(H,19,21). The molecule has 1 unspecified atom stereocenters. The summed E-state index contributed by atoms with van der Waals surface area (Å²) in [5.74, 6) is 0.183. The highest BCUT2D eigenvalue weighted by Gasteiger charge is 2.31. The lowest BCUT2D eigenvalue weighted by Gasteiger charge is -2.33. The summed E-state index contributed by atoms with van der Waals surface area (Å²) in [4.78, 5) is 12.6. The van der Waals surface area contributed by atoms with Gasteiger partial charge in [-0.3, -0.25) is 9.10 Å². The molecular weight excluding hydrogens is 326 g/mol. The third-order valence-electron chi connectivity index (χ3n) is 4.94. The number of rotatable bonds is 5. The van der Waals surface area contributed by atoms with Crippen LogP contribution in [0.5, 0.6) is 0 Å². The molecule has 1 heterocycles. The summed E-state index contributed by atoms with van der Waals surface area (Å²) in [6.45, 7) is 8.61. The molecule has 1 atom stereocenters. The average molecular weight is 353 g/mol. The second-order valence-electron chi connectivity index (χ2n) is 6.97. The molecule has 1 aromatic rings. The van der Waals surface area contributed by atoms with Crippen molar-refractivity contribution in [3.63, 3.8) is 0 Å². The van der Waals surface area contributed by atoms with Crippen LogP contribution in [0.2, 0.25) is 0 Å². The van der Waals surface area contributed by atoms with E-state index in [1.54, 1.807) is 18.2 Å². The normalized spacial score (nSPS) is 19.3. The Labute approximate surface area is 144 Å². The Morgan fingerprint density at radius 1 is 1.42 bits per heavy atom. The number of sulfonamides is 1. The molecule has 2 rings (SSSR count). The molecule has 1 aromatic carbocycles. The molecule has 0 aliphatic carbocycles. The Morgan fingerprint density at radius 2 is 2.08 bits per heavy atom. The van der Waals surface area contributed by atoms with Crippen LogP contribution in [0.4, 0.5) is 5.69 Å². The van der Waals surface area contributed by atoms with Gasteiger partial charge in [0.25, 0.3) is 5.91 Å². The molecule has 1 amide bonds. The molecule has 1 fully saturated rings. The van der Waals surface area contributed by atoms with E-state index in [1.165, 1.54) is 4.31 Å². The van der Waals surface area contributed by atoms with Crippen molar-refractivity contribution < 1.29 is 13.2 Å². The van der Waals surface area contributed by atoms with Gasteiger partial charge >= 0.3 is 0 Å². The number of nitrogens with one attached hydrogen (secondary N) is 1. The fourth-order valence-corrected chi connectivity index (χ4v) is 4.30. The summed E-state index contributed by atoms with van der Waals surface area (Å²) in [5.41, 5.74) is 7.24. The van der Waals surface area contributed by atoms with Crippen LogP contribution < -0.4 is 15.4 Å². The third kappa shape index (κ3) is 3.57. The highest BCUT2D eigenvalue weighted by atomic mass is 32.2. The van der Waals surface area contributed by atoms with E-state index in [9.17, 15) is 13.2 Å². The number of nitrogens with zero attached hydrogens (tertiary/aromatic N) is 1. The van der Waals surface area contributed by atoms with Gasteiger partial charge in [-0.2, -0.15) is 0 Å². The van der Waals surface area contributed by atoms with Crippen molar-refractivity contribution in [1.82, 2.24) is 5.32 Å². The van der Waals surface area contributed by atoms with E-state index in [-0.39, 0.29) is 17.6 Å². The van der Waals surface area contributed by atoms with Crippen LogP contribution in [-0.2, 0) is 10.0 Å². The molecule has 0 spiro atoms. The van der Waals surface area contributed by atoms with Gasteiger partial charge in [0.1, 0.15) is 0 Å². The van der Waals surface area contributed by atoms with Gasteiger partial charge in [0.15, 0.2) is 0 Å². The van der Waals surface area contributed by atoms with Crippen molar-refractivity contribution in [3.8, 4) is 0 Å². The zero-order valence-electron chi connectivity index (χ0n) is 14.8. The van der Waals surface area contributed by atoms with Gasteiger partial charge in [0.2, 0.25) is 10.0 Å². The maximum atomic E-state index is 12.6. The van der Waals surface area contributed by atoms with Gasteiger partial charge in [0.05, 0.1) is 17.0 Å². The summed E-state index contributed by atoms with van der Waals surface area (Å²) < 4.78 is 25.5. The van der Waals surface area contributed by atoms with Crippen molar-refractivity contribution in [2.75, 3.05) is 23.1 Å². The maximum Gasteiger partial charge on any atom is 0.252 e. The number of hydrogen-bond donors (Lipinski definition) is 2. The number of aryl methyl sites for hydroxylation is 1. The van der Waals surface area contributed by atoms with Gasteiger partial charge in [0, 0.05) is 18.7 Å². The summed E-state index contributed by atoms with van der Waals surface area (Å²) in [6.07, 6.45) is 0.632. The fourth-order valence-electron chi connectivity index (χ4n) is 2.75. The minimum Gasteiger partial charge on any atom is -0.345 e. The summed E-state index contributed by atoms with van der Waals surface area (Å²) in [5, 5.41) is 3.01. The first-order valence-electron chi connectivity index (χ1n) is 8.24. The summed E-state index contributed by atoms with van der Waals surface area (Å²) in [6, 6.07) is 5.14. The molecule has 1 aliphatic heterocycles. The first kappa shape index (κ1) is 18.7. The van der Waals surface area contributed by atoms with E-state index < -0.39 is 15.6 Å². The molecule has 0 bridgehead atoms. The largest absolute Gasteiger partial charge is 0.345 e. The smallest absolute Gasteiger partial charge is 0.252 e. The minimum absolute atomic E-state index is 0.178. The Kier molecular flexibility index (Phi) is 5.25. The molecule has 7 heteroatoms. The topological polar surface area (TPSA) is 92.5 Å². The highest BCUT2D eigenvalue weighted by molar-refractivity contribution is 7.93. The van der Waals surface area contributed by atoms with E-state index >= 15 is 0 Å². The SMILES string of the molecule is Cc1cc(N2CCCS2(=O)=O)ccc1C(=O)NC(C)(CN)C(C)C. The Morgan fingerprint density at radius 3 is 2.54 bits per heavy atom. The fraction of sp³-hybridized carbons (Fsp3) is 0.588. The lowest BCUT2D eigenvalue weighted by atomic mass is 9.88. The average Bonchev–Trinajstić information content (AvgIpc) is 2.85. The molecule has 0 aromatic heterocycles. The number of amides is 1. The molecule has 134 valence electrons. The summed E-state index contributed by atoms with van der Waals surface area (Å²) in [7, 11) is -3.22. The quantitative estimate of drug-likeness (QED) is 0.841. The predicted octanol–water partition coefficient (Wildman–Crippen LogP) is 1.64. The molecule has 0 saturated carbocycles. The van der Waals surface area contributed by atoms with Crippen molar-refractivity contribution >= 4 is 21.6 Å². The van der Waals surface area contributed by atoms with E-state index in [4.69, 9.17) is 5.73 Å². The number of anilines is 1. The Balaban J connectivity index is 2.26. The van der Waals surface area contributed by atoms with Crippen LogP contribution in [0.15, 0.2) is 18.2 Å². The van der Waals surface area contributed by atoms with Gasteiger partial charge in [-0.25, -0.2) is 8.42 Å². The number of carbonyl (C=O) groups is 1. The number of hydrogen-bond acceptors (Lipinski definition) is 4. The molecular formula is C17H27N3O3S. The predicted molar refractivity (Wildman–Crippen MR) is 96.7 cm³/mol. The van der Waals surface area contributed by atoms with Gasteiger partial charge in [-0.15, -0.1) is 0 Å². The van der Waals surface area contributed by atoms with Gasteiger partial charge < -0.3 is 11.1 Å². The van der Waals surface area contributed by atoms with Crippen LogP contribution in [0, 0.1) is 12.8 Å². The first-order chi connectivity index (χ1) is 11.1. The highest BCUT2D eigenvalue weighted by Crippen LogP contribution is 2.26. The van der Waals surface area contributed by atoms with Gasteiger partial charge in [-0.1, -0.05) is 13.8 Å². The van der Waals surface area contributed by atoms with Crippen LogP contribution in [0.25, 0.3) is 0 Å². The number of benzene rings is 1.